The molecule has 7 aliphatic carbocycles. The molecule has 10 atom stereocenters. The minimum absolute atomic E-state index is 0.632. The number of hydrogen-bond acceptors (Lipinski definition) is 0. The van der Waals surface area contributed by atoms with E-state index in [0.717, 1.165) is 35.5 Å². The largest absolute Gasteiger partial charge is 0.0953 e. The predicted molar refractivity (Wildman–Crippen MR) is 115 cm³/mol. The van der Waals surface area contributed by atoms with Crippen LogP contribution in [0.2, 0.25) is 0 Å². The Bertz CT molecular complexity index is 852. The molecule has 7 rings (SSSR count). The fourth-order valence-corrected chi connectivity index (χ4v) is 10.4. The third kappa shape index (κ3) is 1.47. The highest BCUT2D eigenvalue weighted by atomic mass is 14.8. The highest BCUT2D eigenvalue weighted by Gasteiger charge is 2.72. The van der Waals surface area contributed by atoms with Gasteiger partial charge in [-0.1, -0.05) is 39.5 Å². The summed E-state index contributed by atoms with van der Waals surface area (Å²) in [7, 11) is 0. The van der Waals surface area contributed by atoms with E-state index >= 15 is 0 Å². The van der Waals surface area contributed by atoms with Crippen molar-refractivity contribution in [3.05, 3.63) is 72.9 Å². The average Bonchev–Trinajstić information content (AvgIpc) is 3.17. The maximum Gasteiger partial charge on any atom is -0.0122 e. The predicted octanol–water partition coefficient (Wildman–Crippen LogP) is 6.37. The summed E-state index contributed by atoms with van der Waals surface area (Å²) in [5, 5.41) is 0. The van der Waals surface area contributed by atoms with Crippen molar-refractivity contribution in [3.63, 3.8) is 0 Å². The van der Waals surface area contributed by atoms with Crippen LogP contribution in [-0.2, 0) is 0 Å². The van der Waals surface area contributed by atoms with Gasteiger partial charge >= 0.3 is 0 Å². The molecule has 0 bridgehead atoms. The van der Waals surface area contributed by atoms with Crippen molar-refractivity contribution < 1.29 is 0 Å². The van der Waals surface area contributed by atoms with Gasteiger partial charge in [0.1, 0.15) is 0 Å². The minimum atomic E-state index is 0.632. The molecule has 0 heterocycles. The van der Waals surface area contributed by atoms with Gasteiger partial charge in [-0.2, -0.15) is 0 Å². The van der Waals surface area contributed by atoms with Crippen LogP contribution in [0, 0.1) is 71.0 Å². The first kappa shape index (κ1) is 16.3. The number of hydrogen-bond donors (Lipinski definition) is 0. The summed E-state index contributed by atoms with van der Waals surface area (Å²) in [6, 6.07) is 0. The molecule has 0 heteroatoms. The highest BCUT2D eigenvalue weighted by Crippen LogP contribution is 2.78. The molecule has 0 aliphatic heterocycles. The first-order valence-electron chi connectivity index (χ1n) is 11.6. The lowest BCUT2D eigenvalue weighted by atomic mass is 9.49. The van der Waals surface area contributed by atoms with Gasteiger partial charge in [0.2, 0.25) is 0 Å². The molecule has 0 saturated heterocycles. The Kier molecular flexibility index (Phi) is 2.77. The smallest absolute Gasteiger partial charge is 0.0122 e. The minimum Gasteiger partial charge on any atom is -0.0953 e. The summed E-state index contributed by atoms with van der Waals surface area (Å²) in [4.78, 5) is 0. The van der Waals surface area contributed by atoms with Crippen LogP contribution in [0.15, 0.2) is 72.9 Å². The van der Waals surface area contributed by atoms with Crippen LogP contribution in [0.5, 0.6) is 0 Å². The zero-order valence-corrected chi connectivity index (χ0v) is 17.0. The zero-order chi connectivity index (χ0) is 19.2. The van der Waals surface area contributed by atoms with E-state index in [0.29, 0.717) is 35.5 Å². The van der Waals surface area contributed by atoms with E-state index in [1.54, 1.807) is 0 Å². The molecule has 0 aromatic heterocycles. The molecule has 0 aromatic rings. The van der Waals surface area contributed by atoms with Gasteiger partial charge in [0.25, 0.3) is 0 Å². The molecule has 144 valence electrons. The van der Waals surface area contributed by atoms with Crippen LogP contribution in [0.1, 0.15) is 25.7 Å². The van der Waals surface area contributed by atoms with Crippen LogP contribution in [0.25, 0.3) is 0 Å². The molecule has 10 unspecified atom stereocenters. The van der Waals surface area contributed by atoms with Gasteiger partial charge in [0.05, 0.1) is 0 Å². The van der Waals surface area contributed by atoms with Crippen LogP contribution in [0.4, 0.5) is 0 Å². The second-order valence-electron chi connectivity index (χ2n) is 11.3. The molecular weight excluding hydrogens is 336 g/mol. The van der Waals surface area contributed by atoms with E-state index in [1.165, 1.54) is 59.1 Å². The fourth-order valence-electron chi connectivity index (χ4n) is 10.4. The molecule has 0 aromatic carbocycles. The van der Waals surface area contributed by atoms with E-state index in [2.05, 4.69) is 39.5 Å². The number of rotatable bonds is 0. The van der Waals surface area contributed by atoms with Crippen LogP contribution in [-0.4, -0.2) is 0 Å². The monoisotopic (exact) mass is 368 g/mol. The summed E-state index contributed by atoms with van der Waals surface area (Å²) >= 11 is 0. The standard InChI is InChI=1S/C28H32/c1-11-13(3)21-9-19-15(5)16(6)20-10-22-14(4)12(2)18-8-7-17(11)24-25(18)27(22)28(23(19)20)26(21)24/h17-28H,1-10H2. The van der Waals surface area contributed by atoms with Gasteiger partial charge in [0.15, 0.2) is 0 Å². The van der Waals surface area contributed by atoms with E-state index in [9.17, 15) is 0 Å². The summed E-state index contributed by atoms with van der Waals surface area (Å²) in [5.74, 6) is 8.84. The summed E-state index contributed by atoms with van der Waals surface area (Å²) < 4.78 is 0. The second kappa shape index (κ2) is 4.77. The maximum absolute atomic E-state index is 4.64. The van der Waals surface area contributed by atoms with Crippen molar-refractivity contribution >= 4 is 0 Å². The fraction of sp³-hybridized carbons (Fsp3) is 0.571. The van der Waals surface area contributed by atoms with E-state index in [4.69, 9.17) is 0 Å². The topological polar surface area (TPSA) is 0 Å². The van der Waals surface area contributed by atoms with Crippen LogP contribution >= 0.6 is 0 Å². The van der Waals surface area contributed by atoms with E-state index < -0.39 is 0 Å². The summed E-state index contributed by atoms with van der Waals surface area (Å²) in [5.41, 5.74) is 8.39. The Morgan fingerprint density at radius 1 is 0.357 bits per heavy atom. The van der Waals surface area contributed by atoms with E-state index in [-0.39, 0.29) is 0 Å². The van der Waals surface area contributed by atoms with Crippen molar-refractivity contribution in [1.29, 1.82) is 0 Å². The molecule has 0 spiro atoms. The molecular formula is C28H32. The Morgan fingerprint density at radius 2 is 0.643 bits per heavy atom. The van der Waals surface area contributed by atoms with Crippen molar-refractivity contribution in [2.24, 2.45) is 71.0 Å². The van der Waals surface area contributed by atoms with Crippen LogP contribution in [0.3, 0.4) is 0 Å². The highest BCUT2D eigenvalue weighted by molar-refractivity contribution is 5.49. The second-order valence-corrected chi connectivity index (χ2v) is 11.3. The molecule has 7 fully saturated rings. The molecule has 0 nitrogen and oxygen atoms in total. The van der Waals surface area contributed by atoms with Gasteiger partial charge < -0.3 is 0 Å². The quantitative estimate of drug-likeness (QED) is 0.466. The molecule has 7 aliphatic rings. The Morgan fingerprint density at radius 3 is 1.04 bits per heavy atom. The zero-order valence-electron chi connectivity index (χ0n) is 17.0. The van der Waals surface area contributed by atoms with Gasteiger partial charge in [-0.25, -0.2) is 0 Å². The molecule has 0 radical (unpaired) electrons. The van der Waals surface area contributed by atoms with Gasteiger partial charge in [-0.15, -0.1) is 0 Å². The van der Waals surface area contributed by atoms with E-state index in [1.807, 2.05) is 0 Å². The molecule has 7 saturated carbocycles. The maximum atomic E-state index is 4.64. The van der Waals surface area contributed by atoms with Crippen molar-refractivity contribution in [2.45, 2.75) is 25.7 Å². The SMILES string of the molecule is C=C1C(=C)C2CC3C(=C)C(=C)C4CCC5C(=C)C(=C)C6CC1C2C1C6C5C4C31. The third-order valence-electron chi connectivity index (χ3n) is 11.2. The Labute approximate surface area is 169 Å². The molecule has 28 heavy (non-hydrogen) atoms. The first-order valence-corrected chi connectivity index (χ1v) is 11.6. The van der Waals surface area contributed by atoms with Gasteiger partial charge in [0, 0.05) is 0 Å². The van der Waals surface area contributed by atoms with Gasteiger partial charge in [-0.3, -0.25) is 0 Å². The van der Waals surface area contributed by atoms with Crippen molar-refractivity contribution in [3.8, 4) is 0 Å². The first-order chi connectivity index (χ1) is 13.4. The normalized spacial score (nSPS) is 57.9. The van der Waals surface area contributed by atoms with Gasteiger partial charge in [-0.05, 0) is 130 Å². The van der Waals surface area contributed by atoms with Crippen molar-refractivity contribution in [2.75, 3.05) is 0 Å². The van der Waals surface area contributed by atoms with Crippen LogP contribution < -0.4 is 0 Å². The summed E-state index contributed by atoms with van der Waals surface area (Å²) in [6.07, 6.45) is 5.11. The number of allylic oxidation sites excluding steroid dienone is 6. The lowest BCUT2D eigenvalue weighted by Crippen LogP contribution is -2.49. The third-order valence-corrected chi connectivity index (χ3v) is 11.2. The Balaban J connectivity index is 1.50. The molecule has 0 N–H and O–H groups in total. The lowest BCUT2D eigenvalue weighted by Gasteiger charge is -2.54. The average molecular weight is 369 g/mol. The lowest BCUT2D eigenvalue weighted by molar-refractivity contribution is -0.0171. The Hall–Kier alpha value is -1.56. The molecule has 0 amide bonds. The summed E-state index contributed by atoms with van der Waals surface area (Å²) in [6.45, 7) is 27.7. The van der Waals surface area contributed by atoms with Crippen molar-refractivity contribution in [1.82, 2.24) is 0 Å².